The van der Waals surface area contributed by atoms with Crippen molar-refractivity contribution in [2.75, 3.05) is 0 Å². The summed E-state index contributed by atoms with van der Waals surface area (Å²) < 4.78 is 0. The molecule has 0 aliphatic heterocycles. The summed E-state index contributed by atoms with van der Waals surface area (Å²) in [5, 5.41) is 2.88. The highest BCUT2D eigenvalue weighted by atomic mass is 16.1. The average molecular weight is 167 g/mol. The summed E-state index contributed by atoms with van der Waals surface area (Å²) in [5.74, 6) is -0.0128. The summed E-state index contributed by atoms with van der Waals surface area (Å²) in [6, 6.07) is 0. The minimum Gasteiger partial charge on any atom is -0.351 e. The van der Waals surface area contributed by atoms with Crippen molar-refractivity contribution >= 4 is 5.91 Å². The second-order valence-electron chi connectivity index (χ2n) is 3.23. The molecule has 0 saturated heterocycles. The van der Waals surface area contributed by atoms with E-state index in [2.05, 4.69) is 18.5 Å². The average Bonchev–Trinajstić information content (AvgIpc) is 1.85. The minimum absolute atomic E-state index is 0.0128. The Morgan fingerprint density at radius 3 is 2.08 bits per heavy atom. The lowest BCUT2D eigenvalue weighted by Crippen LogP contribution is -2.44. The van der Waals surface area contributed by atoms with E-state index in [0.29, 0.717) is 0 Å². The molecule has 0 radical (unpaired) electrons. The van der Waals surface area contributed by atoms with Gasteiger partial charge in [0, 0.05) is 12.5 Å². The second-order valence-corrected chi connectivity index (χ2v) is 3.23. The third-order valence-electron chi connectivity index (χ3n) is 1.67. The molecule has 0 atom stereocenters. The molecule has 0 spiro atoms. The van der Waals surface area contributed by atoms with Crippen LogP contribution in [0.2, 0.25) is 0 Å². The normalized spacial score (nSPS) is 10.5. The molecular weight excluding hydrogens is 150 g/mol. The standard InChI is InChI=1S/C10H17NO/c1-5-7-10(4,8-6-2)11-9(3)12/h5-6H,1-2,7-8H2,3-4H3,(H,11,12). The first kappa shape index (κ1) is 11.0. The molecular formula is C10H17NO. The Morgan fingerprint density at radius 1 is 1.42 bits per heavy atom. The Kier molecular flexibility index (Phi) is 4.34. The molecule has 0 aliphatic carbocycles. The van der Waals surface area contributed by atoms with Gasteiger partial charge in [-0.2, -0.15) is 0 Å². The molecule has 0 aromatic heterocycles. The summed E-state index contributed by atoms with van der Waals surface area (Å²) in [4.78, 5) is 10.8. The molecule has 12 heavy (non-hydrogen) atoms. The molecule has 0 heterocycles. The number of carbonyl (C=O) groups is 1. The maximum atomic E-state index is 10.8. The van der Waals surface area contributed by atoms with Crippen LogP contribution in [0.1, 0.15) is 26.7 Å². The lowest BCUT2D eigenvalue weighted by atomic mass is 9.93. The molecule has 0 saturated carbocycles. The third kappa shape index (κ3) is 3.96. The SMILES string of the molecule is C=CCC(C)(CC=C)NC(C)=O. The van der Waals surface area contributed by atoms with E-state index >= 15 is 0 Å². The quantitative estimate of drug-likeness (QED) is 0.624. The molecule has 0 fully saturated rings. The molecule has 68 valence electrons. The van der Waals surface area contributed by atoms with E-state index in [1.54, 1.807) is 12.2 Å². The number of carbonyl (C=O) groups excluding carboxylic acids is 1. The highest BCUT2D eigenvalue weighted by Gasteiger charge is 2.21. The van der Waals surface area contributed by atoms with Crippen LogP contribution < -0.4 is 5.32 Å². The van der Waals surface area contributed by atoms with Gasteiger partial charge < -0.3 is 5.32 Å². The Balaban J connectivity index is 4.25. The Hall–Kier alpha value is -1.05. The first-order valence-electron chi connectivity index (χ1n) is 4.04. The van der Waals surface area contributed by atoms with Gasteiger partial charge in [0.05, 0.1) is 0 Å². The fraction of sp³-hybridized carbons (Fsp3) is 0.500. The van der Waals surface area contributed by atoms with Gasteiger partial charge in [0.2, 0.25) is 5.91 Å². The van der Waals surface area contributed by atoms with Crippen LogP contribution in [0.3, 0.4) is 0 Å². The zero-order chi connectivity index (χ0) is 9.61. The molecule has 0 rings (SSSR count). The van der Waals surface area contributed by atoms with E-state index in [9.17, 15) is 4.79 Å². The van der Waals surface area contributed by atoms with Gasteiger partial charge in [-0.25, -0.2) is 0 Å². The molecule has 0 bridgehead atoms. The molecule has 2 heteroatoms. The Labute approximate surface area is 74.4 Å². The smallest absolute Gasteiger partial charge is 0.217 e. The molecule has 0 unspecified atom stereocenters. The number of rotatable bonds is 5. The molecule has 2 nitrogen and oxygen atoms in total. The van der Waals surface area contributed by atoms with Crippen molar-refractivity contribution in [3.05, 3.63) is 25.3 Å². The van der Waals surface area contributed by atoms with Crippen molar-refractivity contribution in [2.45, 2.75) is 32.2 Å². The molecule has 0 aliphatic rings. The first-order valence-corrected chi connectivity index (χ1v) is 4.04. The van der Waals surface area contributed by atoms with Crippen molar-refractivity contribution < 1.29 is 4.79 Å². The summed E-state index contributed by atoms with van der Waals surface area (Å²) in [5.41, 5.74) is -0.213. The Morgan fingerprint density at radius 2 is 1.83 bits per heavy atom. The summed E-state index contributed by atoms with van der Waals surface area (Å²) >= 11 is 0. The van der Waals surface area contributed by atoms with Crippen LogP contribution in [-0.4, -0.2) is 11.4 Å². The van der Waals surface area contributed by atoms with E-state index in [4.69, 9.17) is 0 Å². The van der Waals surface area contributed by atoms with Gasteiger partial charge in [0.15, 0.2) is 0 Å². The van der Waals surface area contributed by atoms with Gasteiger partial charge in [-0.05, 0) is 19.8 Å². The predicted octanol–water partition coefficient (Wildman–Crippen LogP) is 2.03. The van der Waals surface area contributed by atoms with Crippen LogP contribution in [-0.2, 0) is 4.79 Å². The zero-order valence-corrected chi connectivity index (χ0v) is 7.89. The molecule has 0 aromatic rings. The van der Waals surface area contributed by atoms with E-state index < -0.39 is 0 Å². The minimum atomic E-state index is -0.213. The number of nitrogens with one attached hydrogen (secondary N) is 1. The molecule has 1 N–H and O–H groups in total. The monoisotopic (exact) mass is 167 g/mol. The predicted molar refractivity (Wildman–Crippen MR) is 51.8 cm³/mol. The molecule has 0 aromatic carbocycles. The number of amides is 1. The van der Waals surface area contributed by atoms with Gasteiger partial charge in [0.1, 0.15) is 0 Å². The molecule has 1 amide bonds. The summed E-state index contributed by atoms with van der Waals surface area (Å²) in [6.07, 6.45) is 5.14. The largest absolute Gasteiger partial charge is 0.351 e. The van der Waals surface area contributed by atoms with Crippen LogP contribution >= 0.6 is 0 Å². The van der Waals surface area contributed by atoms with Crippen LogP contribution in [0.5, 0.6) is 0 Å². The van der Waals surface area contributed by atoms with Gasteiger partial charge in [-0.1, -0.05) is 12.2 Å². The van der Waals surface area contributed by atoms with Gasteiger partial charge in [-0.3, -0.25) is 4.79 Å². The lowest BCUT2D eigenvalue weighted by molar-refractivity contribution is -0.120. The zero-order valence-electron chi connectivity index (χ0n) is 7.89. The summed E-state index contributed by atoms with van der Waals surface area (Å²) in [7, 11) is 0. The lowest BCUT2D eigenvalue weighted by Gasteiger charge is -2.27. The van der Waals surface area contributed by atoms with Crippen molar-refractivity contribution in [1.82, 2.24) is 5.32 Å². The van der Waals surface area contributed by atoms with Crippen molar-refractivity contribution in [3.63, 3.8) is 0 Å². The first-order chi connectivity index (χ1) is 5.54. The van der Waals surface area contributed by atoms with E-state index in [0.717, 1.165) is 12.8 Å². The fourth-order valence-corrected chi connectivity index (χ4v) is 1.25. The highest BCUT2D eigenvalue weighted by molar-refractivity contribution is 5.73. The number of hydrogen-bond donors (Lipinski definition) is 1. The van der Waals surface area contributed by atoms with Crippen LogP contribution in [0.25, 0.3) is 0 Å². The van der Waals surface area contributed by atoms with Crippen molar-refractivity contribution in [2.24, 2.45) is 0 Å². The topological polar surface area (TPSA) is 29.1 Å². The van der Waals surface area contributed by atoms with Gasteiger partial charge in [0.25, 0.3) is 0 Å². The third-order valence-corrected chi connectivity index (χ3v) is 1.67. The fourth-order valence-electron chi connectivity index (χ4n) is 1.25. The van der Waals surface area contributed by atoms with Crippen molar-refractivity contribution in [1.29, 1.82) is 0 Å². The Bertz CT molecular complexity index is 174. The van der Waals surface area contributed by atoms with Crippen LogP contribution in [0.15, 0.2) is 25.3 Å². The van der Waals surface area contributed by atoms with E-state index in [1.165, 1.54) is 6.92 Å². The summed E-state index contributed by atoms with van der Waals surface area (Å²) in [6.45, 7) is 10.8. The maximum Gasteiger partial charge on any atom is 0.217 e. The second kappa shape index (κ2) is 4.75. The maximum absolute atomic E-state index is 10.8. The number of hydrogen-bond acceptors (Lipinski definition) is 1. The van der Waals surface area contributed by atoms with E-state index in [-0.39, 0.29) is 11.4 Å². The van der Waals surface area contributed by atoms with E-state index in [1.807, 2.05) is 6.92 Å². The van der Waals surface area contributed by atoms with Gasteiger partial charge >= 0.3 is 0 Å². The highest BCUT2D eigenvalue weighted by Crippen LogP contribution is 2.15. The van der Waals surface area contributed by atoms with Crippen molar-refractivity contribution in [3.8, 4) is 0 Å². The van der Waals surface area contributed by atoms with Crippen LogP contribution in [0, 0.1) is 0 Å². The van der Waals surface area contributed by atoms with Crippen LogP contribution in [0.4, 0.5) is 0 Å². The van der Waals surface area contributed by atoms with Gasteiger partial charge in [-0.15, -0.1) is 13.2 Å².